The molecule has 0 saturated carbocycles. The Labute approximate surface area is 98.2 Å². The molecule has 0 radical (unpaired) electrons. The molecule has 2 rings (SSSR count). The highest BCUT2D eigenvalue weighted by Crippen LogP contribution is 2.24. The van der Waals surface area contributed by atoms with Crippen molar-refractivity contribution in [1.82, 2.24) is 10.2 Å². The summed E-state index contributed by atoms with van der Waals surface area (Å²) in [5.74, 6) is 2.76. The van der Waals surface area contributed by atoms with Gasteiger partial charge in [0.2, 0.25) is 0 Å². The Morgan fingerprint density at radius 2 is 2.33 bits per heavy atom. The third kappa shape index (κ3) is 3.36. The molecule has 2 heterocycles. The van der Waals surface area contributed by atoms with E-state index in [2.05, 4.69) is 28.9 Å². The van der Waals surface area contributed by atoms with Crippen LogP contribution in [0.1, 0.15) is 32.6 Å². The topological polar surface area (TPSA) is 15.3 Å². The van der Waals surface area contributed by atoms with Gasteiger partial charge in [0.05, 0.1) is 0 Å². The van der Waals surface area contributed by atoms with E-state index in [1.165, 1.54) is 56.8 Å². The maximum absolute atomic E-state index is 3.68. The largest absolute Gasteiger partial charge is 0.313 e. The molecule has 3 heteroatoms. The summed E-state index contributed by atoms with van der Waals surface area (Å²) in [4.78, 5) is 2.73. The highest BCUT2D eigenvalue weighted by molar-refractivity contribution is 7.99. The van der Waals surface area contributed by atoms with Gasteiger partial charge in [0, 0.05) is 24.4 Å². The number of hydrogen-bond acceptors (Lipinski definition) is 3. The second-order valence-corrected chi connectivity index (χ2v) is 5.96. The fraction of sp³-hybridized carbons (Fsp3) is 1.00. The van der Waals surface area contributed by atoms with Crippen LogP contribution in [-0.2, 0) is 0 Å². The Kier molecular flexibility index (Phi) is 4.79. The molecule has 88 valence electrons. The Morgan fingerprint density at radius 3 is 3.07 bits per heavy atom. The van der Waals surface area contributed by atoms with Gasteiger partial charge in [-0.3, -0.25) is 4.90 Å². The molecular formula is C12H24N2S. The summed E-state index contributed by atoms with van der Waals surface area (Å²) in [5, 5.41) is 3.68. The van der Waals surface area contributed by atoms with Crippen molar-refractivity contribution in [3.8, 4) is 0 Å². The van der Waals surface area contributed by atoms with Crippen LogP contribution in [0.3, 0.4) is 0 Å². The number of thioether (sulfide) groups is 1. The van der Waals surface area contributed by atoms with Crippen molar-refractivity contribution in [2.75, 3.05) is 31.1 Å². The first-order chi connectivity index (χ1) is 7.40. The van der Waals surface area contributed by atoms with Gasteiger partial charge in [-0.1, -0.05) is 6.92 Å². The molecule has 0 spiro atoms. The van der Waals surface area contributed by atoms with Crippen molar-refractivity contribution < 1.29 is 0 Å². The Bertz CT molecular complexity index is 180. The normalized spacial score (nSPS) is 33.4. The van der Waals surface area contributed by atoms with E-state index in [9.17, 15) is 0 Å². The van der Waals surface area contributed by atoms with Crippen molar-refractivity contribution >= 4 is 11.8 Å². The van der Waals surface area contributed by atoms with E-state index in [4.69, 9.17) is 0 Å². The molecule has 2 saturated heterocycles. The van der Waals surface area contributed by atoms with Crippen LogP contribution in [-0.4, -0.2) is 48.1 Å². The van der Waals surface area contributed by atoms with E-state index in [1.54, 1.807) is 0 Å². The van der Waals surface area contributed by atoms with E-state index in [0.29, 0.717) is 0 Å². The van der Waals surface area contributed by atoms with Crippen LogP contribution in [0, 0.1) is 0 Å². The maximum Gasteiger partial charge on any atom is 0.0195 e. The molecule has 1 N–H and O–H groups in total. The second kappa shape index (κ2) is 6.12. The number of rotatable bonds is 4. The summed E-state index contributed by atoms with van der Waals surface area (Å²) in [6, 6.07) is 1.66. The molecule has 0 aromatic carbocycles. The fourth-order valence-corrected chi connectivity index (χ4v) is 3.92. The lowest BCUT2D eigenvalue weighted by atomic mass is 10.0. The van der Waals surface area contributed by atoms with Gasteiger partial charge in [-0.25, -0.2) is 0 Å². The van der Waals surface area contributed by atoms with Crippen molar-refractivity contribution in [3.05, 3.63) is 0 Å². The quantitative estimate of drug-likeness (QED) is 0.792. The number of hydrogen-bond donors (Lipinski definition) is 1. The summed E-state index contributed by atoms with van der Waals surface area (Å²) in [6.07, 6.45) is 5.46. The molecule has 15 heavy (non-hydrogen) atoms. The second-order valence-electron chi connectivity index (χ2n) is 4.81. The van der Waals surface area contributed by atoms with E-state index in [1.807, 2.05) is 0 Å². The van der Waals surface area contributed by atoms with Gasteiger partial charge in [0.15, 0.2) is 0 Å². The summed E-state index contributed by atoms with van der Waals surface area (Å²) in [5.41, 5.74) is 0. The lowest BCUT2D eigenvalue weighted by Gasteiger charge is -2.36. The van der Waals surface area contributed by atoms with Crippen molar-refractivity contribution in [1.29, 1.82) is 0 Å². The average molecular weight is 228 g/mol. The molecule has 2 unspecified atom stereocenters. The van der Waals surface area contributed by atoms with Crippen LogP contribution in [0.4, 0.5) is 0 Å². The van der Waals surface area contributed by atoms with Crippen LogP contribution in [0.5, 0.6) is 0 Å². The highest BCUT2D eigenvalue weighted by atomic mass is 32.2. The molecule has 2 aliphatic rings. The predicted molar refractivity (Wildman–Crippen MR) is 68.6 cm³/mol. The predicted octanol–water partition coefficient (Wildman–Crippen LogP) is 1.96. The SMILES string of the molecule is CCCNC1CCCN(C2CCSC2)C1. The first-order valence-electron chi connectivity index (χ1n) is 6.45. The minimum Gasteiger partial charge on any atom is -0.313 e. The van der Waals surface area contributed by atoms with Gasteiger partial charge in [0.25, 0.3) is 0 Å². The number of nitrogens with one attached hydrogen (secondary N) is 1. The zero-order chi connectivity index (χ0) is 10.5. The highest BCUT2D eigenvalue weighted by Gasteiger charge is 2.27. The van der Waals surface area contributed by atoms with Gasteiger partial charge in [-0.15, -0.1) is 0 Å². The third-order valence-corrected chi connectivity index (χ3v) is 4.70. The summed E-state index contributed by atoms with van der Waals surface area (Å²) < 4.78 is 0. The molecule has 2 atom stereocenters. The third-order valence-electron chi connectivity index (χ3n) is 3.56. The first kappa shape index (κ1) is 11.7. The molecule has 2 nitrogen and oxygen atoms in total. The van der Waals surface area contributed by atoms with Crippen molar-refractivity contribution in [2.45, 2.75) is 44.7 Å². The monoisotopic (exact) mass is 228 g/mol. The van der Waals surface area contributed by atoms with Gasteiger partial charge in [-0.2, -0.15) is 11.8 Å². The Balaban J connectivity index is 1.75. The summed E-state index contributed by atoms with van der Waals surface area (Å²) >= 11 is 2.13. The molecular weight excluding hydrogens is 204 g/mol. The molecule has 2 aliphatic heterocycles. The smallest absolute Gasteiger partial charge is 0.0195 e. The minimum absolute atomic E-state index is 0.768. The van der Waals surface area contributed by atoms with E-state index >= 15 is 0 Å². The van der Waals surface area contributed by atoms with E-state index in [-0.39, 0.29) is 0 Å². The Morgan fingerprint density at radius 1 is 1.40 bits per heavy atom. The van der Waals surface area contributed by atoms with Crippen LogP contribution in [0.15, 0.2) is 0 Å². The molecule has 0 aromatic rings. The van der Waals surface area contributed by atoms with Gasteiger partial charge < -0.3 is 5.32 Å². The number of likely N-dealkylation sites (tertiary alicyclic amines) is 1. The lowest BCUT2D eigenvalue weighted by molar-refractivity contribution is 0.149. The van der Waals surface area contributed by atoms with Crippen molar-refractivity contribution in [3.63, 3.8) is 0 Å². The van der Waals surface area contributed by atoms with E-state index < -0.39 is 0 Å². The zero-order valence-electron chi connectivity index (χ0n) is 9.87. The molecule has 0 bridgehead atoms. The molecule has 2 fully saturated rings. The Hall–Kier alpha value is 0.270. The molecule has 0 amide bonds. The van der Waals surface area contributed by atoms with Crippen LogP contribution < -0.4 is 5.32 Å². The molecule has 0 aliphatic carbocycles. The fourth-order valence-electron chi connectivity index (χ4n) is 2.66. The lowest BCUT2D eigenvalue weighted by Crippen LogP contribution is -2.49. The van der Waals surface area contributed by atoms with Crippen LogP contribution in [0.25, 0.3) is 0 Å². The average Bonchev–Trinajstić information content (AvgIpc) is 2.80. The zero-order valence-corrected chi connectivity index (χ0v) is 10.7. The van der Waals surface area contributed by atoms with E-state index in [0.717, 1.165) is 12.1 Å². The van der Waals surface area contributed by atoms with Gasteiger partial charge >= 0.3 is 0 Å². The minimum atomic E-state index is 0.768. The van der Waals surface area contributed by atoms with Crippen molar-refractivity contribution in [2.24, 2.45) is 0 Å². The van der Waals surface area contributed by atoms with Gasteiger partial charge in [-0.05, 0) is 44.5 Å². The maximum atomic E-state index is 3.68. The summed E-state index contributed by atoms with van der Waals surface area (Å²) in [7, 11) is 0. The summed E-state index contributed by atoms with van der Waals surface area (Å²) in [6.45, 7) is 6.08. The van der Waals surface area contributed by atoms with Gasteiger partial charge in [0.1, 0.15) is 0 Å². The standard InChI is InChI=1S/C12H24N2S/c1-2-6-13-11-4-3-7-14(9-11)12-5-8-15-10-12/h11-13H,2-10H2,1H3. The number of nitrogens with zero attached hydrogens (tertiary/aromatic N) is 1. The van der Waals surface area contributed by atoms with Crippen LogP contribution >= 0.6 is 11.8 Å². The van der Waals surface area contributed by atoms with Crippen LogP contribution in [0.2, 0.25) is 0 Å². The molecule has 0 aromatic heterocycles. The first-order valence-corrected chi connectivity index (χ1v) is 7.61. The number of piperidine rings is 1.